The predicted octanol–water partition coefficient (Wildman–Crippen LogP) is 5.79. The number of likely N-dealkylation sites (N-methyl/N-ethyl adjacent to an activating group) is 1. The van der Waals surface area contributed by atoms with Crippen molar-refractivity contribution >= 4 is 23.3 Å². The van der Waals surface area contributed by atoms with Crippen molar-refractivity contribution in [3.8, 4) is 5.75 Å². The number of benzene rings is 2. The lowest BCUT2D eigenvalue weighted by Gasteiger charge is -2.36. The molecule has 10 nitrogen and oxygen atoms in total. The van der Waals surface area contributed by atoms with Gasteiger partial charge in [0.25, 0.3) is 5.91 Å². The Labute approximate surface area is 270 Å². The van der Waals surface area contributed by atoms with Gasteiger partial charge in [-0.05, 0) is 100 Å². The first-order valence-corrected chi connectivity index (χ1v) is 15.9. The average Bonchev–Trinajstić information content (AvgIpc) is 3.04. The van der Waals surface area contributed by atoms with Crippen molar-refractivity contribution in [3.05, 3.63) is 83.9 Å². The molecule has 46 heavy (non-hydrogen) atoms. The lowest BCUT2D eigenvalue weighted by atomic mass is 10.0. The highest BCUT2D eigenvalue weighted by molar-refractivity contribution is 6.02. The van der Waals surface area contributed by atoms with Crippen molar-refractivity contribution in [2.75, 3.05) is 44.0 Å². The number of fused-ring (bicyclic) bond motifs is 1. The van der Waals surface area contributed by atoms with E-state index < -0.39 is 17.9 Å². The molecule has 0 bridgehead atoms. The number of urea groups is 1. The molecule has 1 aliphatic rings. The molecule has 248 valence electrons. The molecule has 0 saturated carbocycles. The number of hydrogen-bond donors (Lipinski definition) is 3. The predicted molar refractivity (Wildman–Crippen MR) is 176 cm³/mol. The SMILES string of the molecule is C[C@@H]1CCCCO[C@H](CN(C)Cc2ccncc2)[C@@H](C)CN([C@@H](C)CO)C(=O)c2cc(NC(=O)Nc3ccc(F)cc3)ccc2O1. The first-order chi connectivity index (χ1) is 22.1. The van der Waals surface area contributed by atoms with E-state index in [4.69, 9.17) is 9.47 Å². The zero-order valence-corrected chi connectivity index (χ0v) is 27.1. The number of aromatic nitrogens is 1. The molecule has 0 spiro atoms. The molecule has 0 radical (unpaired) electrons. The summed E-state index contributed by atoms with van der Waals surface area (Å²) in [7, 11) is 2.05. The van der Waals surface area contributed by atoms with Crippen LogP contribution in [0.3, 0.4) is 0 Å². The van der Waals surface area contributed by atoms with Gasteiger partial charge in [-0.1, -0.05) is 6.92 Å². The Hall–Kier alpha value is -4.06. The van der Waals surface area contributed by atoms with Crippen LogP contribution >= 0.6 is 0 Å². The van der Waals surface area contributed by atoms with E-state index in [1.807, 2.05) is 19.1 Å². The topological polar surface area (TPSA) is 116 Å². The summed E-state index contributed by atoms with van der Waals surface area (Å²) < 4.78 is 26.0. The minimum atomic E-state index is -0.542. The first-order valence-electron chi connectivity index (χ1n) is 15.9. The summed E-state index contributed by atoms with van der Waals surface area (Å²) in [6.07, 6.45) is 5.79. The van der Waals surface area contributed by atoms with Gasteiger partial charge < -0.3 is 30.1 Å². The number of ether oxygens (including phenoxy) is 2. The molecule has 0 saturated heterocycles. The molecule has 2 aromatic carbocycles. The van der Waals surface area contributed by atoms with Gasteiger partial charge in [0.1, 0.15) is 11.6 Å². The minimum absolute atomic E-state index is 0.0631. The Morgan fingerprint density at radius 2 is 1.78 bits per heavy atom. The Kier molecular flexibility index (Phi) is 12.9. The third-order valence-corrected chi connectivity index (χ3v) is 8.10. The Morgan fingerprint density at radius 3 is 2.50 bits per heavy atom. The van der Waals surface area contributed by atoms with Crippen LogP contribution in [0.15, 0.2) is 67.0 Å². The van der Waals surface area contributed by atoms with E-state index in [-0.39, 0.29) is 36.2 Å². The standard InChI is InChI=1S/C35H46FN5O5/c1-24-20-41(25(2)23-42)34(43)31-19-30(39-35(44)38-29-10-8-28(36)9-11-29)12-13-32(31)46-26(3)7-5-6-18-45-33(24)22-40(4)21-27-14-16-37-17-15-27/h8-17,19,24-26,33,42H,5-7,18,20-23H2,1-4H3,(H2,38,39,44)/t24-,25-,26+,33+/m0/s1. The van der Waals surface area contributed by atoms with Gasteiger partial charge in [-0.15, -0.1) is 0 Å². The average molecular weight is 636 g/mol. The van der Waals surface area contributed by atoms with E-state index in [1.165, 1.54) is 24.3 Å². The van der Waals surface area contributed by atoms with Gasteiger partial charge in [0, 0.05) is 55.9 Å². The summed E-state index contributed by atoms with van der Waals surface area (Å²) in [5.41, 5.74) is 2.24. The number of anilines is 2. The number of hydrogen-bond acceptors (Lipinski definition) is 7. The first kappa shape index (κ1) is 34.8. The van der Waals surface area contributed by atoms with Crippen LogP contribution in [0.2, 0.25) is 0 Å². The molecular formula is C35H46FN5O5. The van der Waals surface area contributed by atoms with E-state index >= 15 is 0 Å². The van der Waals surface area contributed by atoms with Crippen LogP contribution in [0.1, 0.15) is 56.0 Å². The second-order valence-electron chi connectivity index (χ2n) is 12.1. The molecule has 0 fully saturated rings. The maximum absolute atomic E-state index is 14.3. The van der Waals surface area contributed by atoms with Crippen molar-refractivity contribution in [2.24, 2.45) is 5.92 Å². The lowest BCUT2D eigenvalue weighted by Crippen LogP contribution is -2.47. The lowest BCUT2D eigenvalue weighted by molar-refractivity contribution is -0.0177. The molecule has 3 aromatic rings. The van der Waals surface area contributed by atoms with Gasteiger partial charge >= 0.3 is 6.03 Å². The highest BCUT2D eigenvalue weighted by Gasteiger charge is 2.30. The van der Waals surface area contributed by atoms with Crippen LogP contribution in [0.4, 0.5) is 20.6 Å². The van der Waals surface area contributed by atoms with Crippen LogP contribution in [-0.4, -0.2) is 83.4 Å². The summed E-state index contributed by atoms with van der Waals surface area (Å²) in [6.45, 7) is 7.95. The number of nitrogens with zero attached hydrogens (tertiary/aromatic N) is 3. The second kappa shape index (κ2) is 17.0. The Balaban J connectivity index is 1.58. The van der Waals surface area contributed by atoms with Gasteiger partial charge in [-0.2, -0.15) is 0 Å². The highest BCUT2D eigenvalue weighted by Crippen LogP contribution is 2.29. The molecule has 11 heteroatoms. The fourth-order valence-corrected chi connectivity index (χ4v) is 5.46. The van der Waals surface area contributed by atoms with Crippen molar-refractivity contribution in [3.63, 3.8) is 0 Å². The molecule has 4 atom stereocenters. The highest BCUT2D eigenvalue weighted by atomic mass is 19.1. The molecule has 2 heterocycles. The van der Waals surface area contributed by atoms with Crippen molar-refractivity contribution in [1.82, 2.24) is 14.8 Å². The maximum atomic E-state index is 14.3. The molecule has 1 aromatic heterocycles. The molecule has 4 rings (SSSR count). The third kappa shape index (κ3) is 10.2. The number of amides is 3. The van der Waals surface area contributed by atoms with E-state index in [9.17, 15) is 19.1 Å². The van der Waals surface area contributed by atoms with Gasteiger partial charge in [0.2, 0.25) is 0 Å². The van der Waals surface area contributed by atoms with Crippen LogP contribution in [0, 0.1) is 11.7 Å². The minimum Gasteiger partial charge on any atom is -0.490 e. The van der Waals surface area contributed by atoms with Crippen molar-refractivity contribution in [1.29, 1.82) is 0 Å². The summed E-state index contributed by atoms with van der Waals surface area (Å²) in [5.74, 6) is -0.381. The number of aliphatic hydroxyl groups excluding tert-OH is 1. The van der Waals surface area contributed by atoms with Gasteiger partial charge in [0.15, 0.2) is 0 Å². The molecule has 0 unspecified atom stereocenters. The molecule has 3 N–H and O–H groups in total. The number of nitrogens with one attached hydrogen (secondary N) is 2. The fourth-order valence-electron chi connectivity index (χ4n) is 5.46. The number of carbonyl (C=O) groups is 2. The Morgan fingerprint density at radius 1 is 1.09 bits per heavy atom. The molecule has 1 aliphatic heterocycles. The zero-order valence-electron chi connectivity index (χ0n) is 27.1. The summed E-state index contributed by atoms with van der Waals surface area (Å²) >= 11 is 0. The van der Waals surface area contributed by atoms with Crippen LogP contribution < -0.4 is 15.4 Å². The van der Waals surface area contributed by atoms with E-state index in [1.54, 1.807) is 42.4 Å². The van der Waals surface area contributed by atoms with Gasteiger partial charge in [-0.3, -0.25) is 14.7 Å². The summed E-state index contributed by atoms with van der Waals surface area (Å²) in [5, 5.41) is 15.6. The third-order valence-electron chi connectivity index (χ3n) is 8.10. The quantitative estimate of drug-likeness (QED) is 0.287. The van der Waals surface area contributed by atoms with E-state index in [0.717, 1.165) is 31.4 Å². The summed E-state index contributed by atoms with van der Waals surface area (Å²) in [6, 6.07) is 13.4. The normalized spacial score (nSPS) is 20.3. The fraction of sp³-hybridized carbons (Fsp3) is 0.457. The maximum Gasteiger partial charge on any atom is 0.323 e. The van der Waals surface area contributed by atoms with E-state index in [0.29, 0.717) is 36.8 Å². The van der Waals surface area contributed by atoms with Crippen LogP contribution in [0.25, 0.3) is 0 Å². The molecular weight excluding hydrogens is 589 g/mol. The number of aliphatic hydroxyl groups is 1. The van der Waals surface area contributed by atoms with Gasteiger partial charge in [0.05, 0.1) is 30.4 Å². The monoisotopic (exact) mass is 635 g/mol. The molecule has 0 aliphatic carbocycles. The number of halogens is 1. The van der Waals surface area contributed by atoms with Crippen LogP contribution in [0.5, 0.6) is 5.75 Å². The largest absolute Gasteiger partial charge is 0.490 e. The second-order valence-corrected chi connectivity index (χ2v) is 12.1. The number of rotatable bonds is 8. The van der Waals surface area contributed by atoms with E-state index in [2.05, 4.69) is 34.5 Å². The number of carbonyl (C=O) groups excluding carboxylic acids is 2. The summed E-state index contributed by atoms with van der Waals surface area (Å²) in [4.78, 5) is 35.0. The number of pyridine rings is 1. The molecule has 3 amide bonds. The smallest absolute Gasteiger partial charge is 0.323 e. The van der Waals surface area contributed by atoms with Gasteiger partial charge in [-0.25, -0.2) is 9.18 Å². The van der Waals surface area contributed by atoms with Crippen LogP contribution in [-0.2, 0) is 11.3 Å². The van der Waals surface area contributed by atoms with Crippen molar-refractivity contribution in [2.45, 2.75) is 64.8 Å². The zero-order chi connectivity index (χ0) is 33.1. The Bertz CT molecular complexity index is 1410. The van der Waals surface area contributed by atoms with Crippen molar-refractivity contribution < 1.29 is 28.6 Å².